The molecule has 2 aromatic carbocycles. The van der Waals surface area contributed by atoms with Gasteiger partial charge in [-0.2, -0.15) is 9.37 Å². The van der Waals surface area contributed by atoms with Crippen LogP contribution in [0, 0.1) is 5.95 Å². The number of halogens is 1. The Morgan fingerprint density at radius 2 is 1.73 bits per heavy atom. The molecule has 7 heteroatoms. The van der Waals surface area contributed by atoms with Crippen molar-refractivity contribution in [2.24, 2.45) is 0 Å². The fourth-order valence-corrected chi connectivity index (χ4v) is 4.41. The number of aromatic nitrogens is 2. The second-order valence-electron chi connectivity index (χ2n) is 8.32. The number of nitrogens with zero attached hydrogens (tertiary/aromatic N) is 4. The Bertz CT molecular complexity index is 1230. The third-order valence-corrected chi connectivity index (χ3v) is 6.38. The summed E-state index contributed by atoms with van der Waals surface area (Å²) >= 11 is 0. The topological polar surface area (TPSA) is 70.3 Å². The quantitative estimate of drug-likeness (QED) is 0.631. The van der Waals surface area contributed by atoms with Gasteiger partial charge in [0.05, 0.1) is 0 Å². The van der Waals surface area contributed by atoms with E-state index in [9.17, 15) is 4.39 Å². The second kappa shape index (κ2) is 8.67. The summed E-state index contributed by atoms with van der Waals surface area (Å²) in [7, 11) is 0. The molecule has 0 amide bonds. The van der Waals surface area contributed by atoms with Gasteiger partial charge in [0, 0.05) is 60.5 Å². The van der Waals surface area contributed by atoms with Gasteiger partial charge in [-0.1, -0.05) is 37.8 Å². The van der Waals surface area contributed by atoms with Gasteiger partial charge in [-0.15, -0.1) is 0 Å². The average Bonchev–Trinajstić information content (AvgIpc) is 2.84. The lowest BCUT2D eigenvalue weighted by Crippen LogP contribution is -2.46. The van der Waals surface area contributed by atoms with E-state index in [0.29, 0.717) is 11.3 Å². The largest absolute Gasteiger partial charge is 0.382 e. The van der Waals surface area contributed by atoms with Crippen LogP contribution in [-0.2, 0) is 0 Å². The smallest absolute Gasteiger partial charge is 0.241 e. The zero-order valence-corrected chi connectivity index (χ0v) is 18.7. The first-order valence-corrected chi connectivity index (χ1v) is 11.2. The molecule has 1 aromatic heterocycles. The molecule has 2 aliphatic rings. The normalized spacial score (nSPS) is 15.9. The number of benzene rings is 2. The number of nitrogen functional groups attached to an aromatic ring is 1. The molecule has 1 saturated heterocycles. The van der Waals surface area contributed by atoms with E-state index in [1.54, 1.807) is 0 Å². The highest BCUT2D eigenvalue weighted by Crippen LogP contribution is 2.32. The number of hydrogen-bond donors (Lipinski definition) is 2. The predicted molar refractivity (Wildman–Crippen MR) is 133 cm³/mol. The standard InChI is InChI=1S/C26H27FN6/c1-3-32-12-14-33(15-13-32)21-7-4-18(5-8-21)23-25(27)31-26(28)24(30-23)20-6-9-22-17(2)29-11-10-19(22)16-20/h4-11,16,29H,2-3,12-15H2,1H3,(H2,28,31). The van der Waals surface area contributed by atoms with E-state index >= 15 is 0 Å². The Hall–Kier alpha value is -3.71. The summed E-state index contributed by atoms with van der Waals surface area (Å²) in [5.74, 6) is -0.602. The molecule has 0 saturated carbocycles. The van der Waals surface area contributed by atoms with Crippen LogP contribution in [0.3, 0.4) is 0 Å². The maximum atomic E-state index is 14.8. The van der Waals surface area contributed by atoms with Crippen LogP contribution in [-0.4, -0.2) is 47.6 Å². The minimum atomic E-state index is -0.670. The molecule has 0 spiro atoms. The van der Waals surface area contributed by atoms with Gasteiger partial charge < -0.3 is 20.9 Å². The van der Waals surface area contributed by atoms with E-state index in [4.69, 9.17) is 5.73 Å². The van der Waals surface area contributed by atoms with Crippen LogP contribution in [0.4, 0.5) is 15.9 Å². The van der Waals surface area contributed by atoms with Gasteiger partial charge in [0.15, 0.2) is 5.82 Å². The van der Waals surface area contributed by atoms with Crippen molar-refractivity contribution >= 4 is 23.3 Å². The Morgan fingerprint density at radius 1 is 1.00 bits per heavy atom. The highest BCUT2D eigenvalue weighted by Gasteiger charge is 2.19. The summed E-state index contributed by atoms with van der Waals surface area (Å²) in [5, 5.41) is 3.10. The number of anilines is 2. The molecule has 3 heterocycles. The molecular weight excluding hydrogens is 415 g/mol. The molecule has 0 radical (unpaired) electrons. The van der Waals surface area contributed by atoms with Crippen LogP contribution in [0.15, 0.2) is 55.2 Å². The number of rotatable bonds is 4. The fraction of sp³-hybridized carbons (Fsp3) is 0.231. The first-order chi connectivity index (χ1) is 16.0. The molecule has 0 bridgehead atoms. The van der Waals surface area contributed by atoms with Gasteiger partial charge in [0.1, 0.15) is 11.4 Å². The van der Waals surface area contributed by atoms with Crippen molar-refractivity contribution < 1.29 is 4.39 Å². The molecule has 0 unspecified atom stereocenters. The lowest BCUT2D eigenvalue weighted by Gasteiger charge is -2.35. The first kappa shape index (κ1) is 21.2. The van der Waals surface area contributed by atoms with Crippen molar-refractivity contribution in [1.82, 2.24) is 20.2 Å². The third-order valence-electron chi connectivity index (χ3n) is 6.38. The third kappa shape index (κ3) is 4.07. The van der Waals surface area contributed by atoms with Crippen LogP contribution in [0.1, 0.15) is 18.1 Å². The van der Waals surface area contributed by atoms with Gasteiger partial charge in [-0.25, -0.2) is 4.98 Å². The van der Waals surface area contributed by atoms with Crippen molar-refractivity contribution in [3.8, 4) is 22.5 Å². The van der Waals surface area contributed by atoms with Crippen LogP contribution in [0.5, 0.6) is 0 Å². The van der Waals surface area contributed by atoms with Gasteiger partial charge in [-0.05, 0) is 36.4 Å². The Balaban J connectivity index is 1.45. The molecular formula is C26H27FN6. The Labute approximate surface area is 193 Å². The number of fused-ring (bicyclic) bond motifs is 1. The molecule has 6 nitrogen and oxygen atoms in total. The van der Waals surface area contributed by atoms with Gasteiger partial charge >= 0.3 is 0 Å². The molecule has 168 valence electrons. The van der Waals surface area contributed by atoms with E-state index in [1.807, 2.05) is 54.7 Å². The lowest BCUT2D eigenvalue weighted by molar-refractivity contribution is 0.271. The zero-order valence-electron chi connectivity index (χ0n) is 18.7. The summed E-state index contributed by atoms with van der Waals surface area (Å²) in [6.45, 7) is 11.4. The second-order valence-corrected chi connectivity index (χ2v) is 8.32. The van der Waals surface area contributed by atoms with E-state index in [-0.39, 0.29) is 11.5 Å². The van der Waals surface area contributed by atoms with Gasteiger partial charge in [0.25, 0.3) is 0 Å². The summed E-state index contributed by atoms with van der Waals surface area (Å²) in [4.78, 5) is 13.4. The molecule has 3 N–H and O–H groups in total. The summed E-state index contributed by atoms with van der Waals surface area (Å²) in [6, 6.07) is 13.7. The van der Waals surface area contributed by atoms with Crippen LogP contribution >= 0.6 is 0 Å². The Kier molecular flexibility index (Phi) is 5.56. The van der Waals surface area contributed by atoms with E-state index in [1.165, 1.54) is 0 Å². The maximum Gasteiger partial charge on any atom is 0.241 e. The average molecular weight is 443 g/mol. The van der Waals surface area contributed by atoms with Crippen LogP contribution in [0.2, 0.25) is 0 Å². The molecule has 0 atom stereocenters. The molecule has 2 aliphatic heterocycles. The van der Waals surface area contributed by atoms with Crippen LogP contribution in [0.25, 0.3) is 34.3 Å². The lowest BCUT2D eigenvalue weighted by atomic mass is 9.98. The summed E-state index contributed by atoms with van der Waals surface area (Å²) < 4.78 is 14.8. The van der Waals surface area contributed by atoms with E-state index < -0.39 is 5.95 Å². The SMILES string of the molecule is C=C1NC=Cc2cc(-c3nc(-c4ccc(N5CCN(CC)CC5)cc4)c(F)nc3N)ccc21. The minimum Gasteiger partial charge on any atom is -0.382 e. The number of hydrogen-bond acceptors (Lipinski definition) is 6. The molecule has 5 rings (SSSR count). The van der Waals surface area contributed by atoms with Crippen molar-refractivity contribution in [1.29, 1.82) is 0 Å². The highest BCUT2D eigenvalue weighted by atomic mass is 19.1. The maximum absolute atomic E-state index is 14.8. The zero-order chi connectivity index (χ0) is 22.9. The fourth-order valence-electron chi connectivity index (χ4n) is 4.41. The molecule has 3 aromatic rings. The molecule has 33 heavy (non-hydrogen) atoms. The number of nitrogens with one attached hydrogen (secondary N) is 1. The van der Waals surface area contributed by atoms with Crippen molar-refractivity contribution in [3.63, 3.8) is 0 Å². The van der Waals surface area contributed by atoms with Crippen molar-refractivity contribution in [3.05, 3.63) is 72.3 Å². The minimum absolute atomic E-state index is 0.0679. The Morgan fingerprint density at radius 3 is 2.45 bits per heavy atom. The van der Waals surface area contributed by atoms with Crippen molar-refractivity contribution in [2.75, 3.05) is 43.4 Å². The number of piperazine rings is 1. The number of nitrogens with two attached hydrogens (primary N) is 1. The predicted octanol–water partition coefficient (Wildman–Crippen LogP) is 4.22. The summed E-state index contributed by atoms with van der Waals surface area (Å²) in [5.41, 5.74) is 12.2. The summed E-state index contributed by atoms with van der Waals surface area (Å²) in [6.07, 6.45) is 3.80. The first-order valence-electron chi connectivity index (χ1n) is 11.2. The molecule has 0 aliphatic carbocycles. The van der Waals surface area contributed by atoms with E-state index in [2.05, 4.69) is 38.6 Å². The monoisotopic (exact) mass is 442 g/mol. The van der Waals surface area contributed by atoms with E-state index in [0.717, 1.165) is 60.8 Å². The van der Waals surface area contributed by atoms with Gasteiger partial charge in [0.2, 0.25) is 5.95 Å². The highest BCUT2D eigenvalue weighted by molar-refractivity contribution is 5.82. The molecule has 1 fully saturated rings. The van der Waals surface area contributed by atoms with Gasteiger partial charge in [-0.3, -0.25) is 0 Å². The number of likely N-dealkylation sites (N-methyl/N-ethyl adjacent to an activating group) is 1. The van der Waals surface area contributed by atoms with Crippen LogP contribution < -0.4 is 16.0 Å². The van der Waals surface area contributed by atoms with Crippen molar-refractivity contribution in [2.45, 2.75) is 6.92 Å².